The van der Waals surface area contributed by atoms with Crippen molar-refractivity contribution in [2.24, 2.45) is 0 Å². The summed E-state index contributed by atoms with van der Waals surface area (Å²) < 4.78 is 5.12. The quantitative estimate of drug-likeness (QED) is 0.766. The van der Waals surface area contributed by atoms with Crippen LogP contribution in [0.3, 0.4) is 0 Å². The lowest BCUT2D eigenvalue weighted by molar-refractivity contribution is -0.134. The van der Waals surface area contributed by atoms with Gasteiger partial charge in [0.15, 0.2) is 6.61 Å². The number of amides is 2. The first-order chi connectivity index (χ1) is 13.5. The molecule has 2 amide bonds. The predicted molar refractivity (Wildman–Crippen MR) is 102 cm³/mol. The zero-order chi connectivity index (χ0) is 19.9. The van der Waals surface area contributed by atoms with E-state index in [4.69, 9.17) is 4.74 Å². The van der Waals surface area contributed by atoms with E-state index in [9.17, 15) is 14.4 Å². The predicted octanol–water partition coefficient (Wildman–Crippen LogP) is 0.941. The second-order valence-corrected chi connectivity index (χ2v) is 6.25. The summed E-state index contributed by atoms with van der Waals surface area (Å²) in [4.78, 5) is 47.5. The van der Waals surface area contributed by atoms with E-state index in [0.29, 0.717) is 43.4 Å². The molecule has 2 aromatic rings. The lowest BCUT2D eigenvalue weighted by Crippen LogP contribution is -2.50. The number of hydrogen-bond donors (Lipinski definition) is 1. The van der Waals surface area contributed by atoms with Crippen LogP contribution in [-0.4, -0.2) is 65.4 Å². The number of aromatic nitrogens is 2. The number of esters is 1. The van der Waals surface area contributed by atoms with E-state index in [1.165, 1.54) is 19.1 Å². The largest absolute Gasteiger partial charge is 0.452 e. The minimum atomic E-state index is -0.584. The fourth-order valence-electron chi connectivity index (χ4n) is 2.81. The van der Waals surface area contributed by atoms with E-state index >= 15 is 0 Å². The molecule has 1 N–H and O–H groups in total. The Morgan fingerprint density at radius 1 is 1.04 bits per heavy atom. The van der Waals surface area contributed by atoms with Gasteiger partial charge in [-0.05, 0) is 30.3 Å². The standard InChI is InChI=1S/C19H21N5O4/c1-14(25)22-16-5-3-15(4-6-16)18(27)28-13-17(26)23-9-11-24(12-10-23)19-20-7-2-8-21-19/h2-8H,9-13H2,1H3,(H,22,25). The number of nitrogens with one attached hydrogen (secondary N) is 1. The molecule has 1 aromatic carbocycles. The number of benzene rings is 1. The Morgan fingerprint density at radius 2 is 1.68 bits per heavy atom. The van der Waals surface area contributed by atoms with E-state index in [1.807, 2.05) is 4.90 Å². The number of nitrogens with zero attached hydrogens (tertiary/aromatic N) is 4. The maximum absolute atomic E-state index is 12.3. The second-order valence-electron chi connectivity index (χ2n) is 6.25. The van der Waals surface area contributed by atoms with Gasteiger partial charge < -0.3 is 19.9 Å². The first kappa shape index (κ1) is 19.3. The minimum absolute atomic E-state index is 0.195. The Bertz CT molecular complexity index is 833. The number of rotatable bonds is 5. The summed E-state index contributed by atoms with van der Waals surface area (Å²) in [6.45, 7) is 3.36. The van der Waals surface area contributed by atoms with Gasteiger partial charge in [-0.1, -0.05) is 0 Å². The van der Waals surface area contributed by atoms with Gasteiger partial charge in [0.1, 0.15) is 0 Å². The third-order valence-corrected chi connectivity index (χ3v) is 4.24. The van der Waals surface area contributed by atoms with Gasteiger partial charge in [-0.15, -0.1) is 0 Å². The maximum atomic E-state index is 12.3. The second kappa shape index (κ2) is 8.94. The first-order valence-corrected chi connectivity index (χ1v) is 8.87. The van der Waals surface area contributed by atoms with Crippen molar-refractivity contribution >= 4 is 29.4 Å². The van der Waals surface area contributed by atoms with Crippen molar-refractivity contribution in [1.29, 1.82) is 0 Å². The van der Waals surface area contributed by atoms with Crippen molar-refractivity contribution < 1.29 is 19.1 Å². The number of anilines is 2. The molecule has 3 rings (SSSR count). The van der Waals surface area contributed by atoms with Crippen molar-refractivity contribution in [2.45, 2.75) is 6.92 Å². The van der Waals surface area contributed by atoms with Crippen LogP contribution in [0.5, 0.6) is 0 Å². The van der Waals surface area contributed by atoms with Gasteiger partial charge in [-0.3, -0.25) is 9.59 Å². The summed E-state index contributed by atoms with van der Waals surface area (Å²) in [5.74, 6) is -0.375. The molecule has 0 bridgehead atoms. The third kappa shape index (κ3) is 5.03. The molecule has 1 aliphatic rings. The van der Waals surface area contributed by atoms with Crippen LogP contribution >= 0.6 is 0 Å². The molecule has 146 valence electrons. The Kier molecular flexibility index (Phi) is 6.15. The van der Waals surface area contributed by atoms with Crippen LogP contribution in [0.2, 0.25) is 0 Å². The van der Waals surface area contributed by atoms with E-state index < -0.39 is 5.97 Å². The van der Waals surface area contributed by atoms with Gasteiger partial charge in [0.05, 0.1) is 5.56 Å². The molecule has 1 saturated heterocycles. The zero-order valence-electron chi connectivity index (χ0n) is 15.5. The fourth-order valence-corrected chi connectivity index (χ4v) is 2.81. The third-order valence-electron chi connectivity index (χ3n) is 4.24. The molecule has 2 heterocycles. The van der Waals surface area contributed by atoms with Gasteiger partial charge in [0.25, 0.3) is 5.91 Å². The Balaban J connectivity index is 1.45. The highest BCUT2D eigenvalue weighted by Crippen LogP contribution is 2.12. The molecular weight excluding hydrogens is 362 g/mol. The summed E-state index contributed by atoms with van der Waals surface area (Å²) in [6.07, 6.45) is 3.37. The zero-order valence-corrected chi connectivity index (χ0v) is 15.5. The van der Waals surface area contributed by atoms with Crippen LogP contribution in [-0.2, 0) is 14.3 Å². The average molecular weight is 383 g/mol. The summed E-state index contributed by atoms with van der Waals surface area (Å²) in [7, 11) is 0. The molecule has 28 heavy (non-hydrogen) atoms. The van der Waals surface area contributed by atoms with Crippen molar-refractivity contribution in [2.75, 3.05) is 43.0 Å². The van der Waals surface area contributed by atoms with Gasteiger partial charge in [-0.2, -0.15) is 0 Å². The first-order valence-electron chi connectivity index (χ1n) is 8.87. The number of ether oxygens (including phenoxy) is 1. The highest BCUT2D eigenvalue weighted by molar-refractivity contribution is 5.93. The number of carbonyl (C=O) groups is 3. The van der Waals surface area contributed by atoms with Crippen LogP contribution in [0.15, 0.2) is 42.7 Å². The molecule has 9 heteroatoms. The average Bonchev–Trinajstić information content (AvgIpc) is 2.72. The van der Waals surface area contributed by atoms with E-state index in [0.717, 1.165) is 0 Å². The normalized spacial score (nSPS) is 13.8. The van der Waals surface area contributed by atoms with Crippen LogP contribution in [0.1, 0.15) is 17.3 Å². The van der Waals surface area contributed by atoms with Crippen LogP contribution in [0.25, 0.3) is 0 Å². The molecule has 0 aliphatic carbocycles. The number of piperazine rings is 1. The monoisotopic (exact) mass is 383 g/mol. The van der Waals surface area contributed by atoms with E-state index in [1.54, 1.807) is 35.5 Å². The van der Waals surface area contributed by atoms with Gasteiger partial charge in [-0.25, -0.2) is 14.8 Å². The molecule has 0 spiro atoms. The summed E-state index contributed by atoms with van der Waals surface area (Å²) in [6, 6.07) is 8.04. The van der Waals surface area contributed by atoms with Crippen molar-refractivity contribution in [3.63, 3.8) is 0 Å². The summed E-state index contributed by atoms with van der Waals surface area (Å²) in [5, 5.41) is 2.61. The van der Waals surface area contributed by atoms with Crippen LogP contribution in [0.4, 0.5) is 11.6 Å². The Hall–Kier alpha value is -3.49. The Morgan fingerprint density at radius 3 is 2.29 bits per heavy atom. The Labute approximate surface area is 162 Å². The fraction of sp³-hybridized carbons (Fsp3) is 0.316. The molecule has 1 aliphatic heterocycles. The smallest absolute Gasteiger partial charge is 0.338 e. The maximum Gasteiger partial charge on any atom is 0.338 e. The minimum Gasteiger partial charge on any atom is -0.452 e. The molecule has 0 atom stereocenters. The lowest BCUT2D eigenvalue weighted by atomic mass is 10.2. The van der Waals surface area contributed by atoms with Gasteiger partial charge in [0, 0.05) is 51.2 Å². The molecule has 1 aromatic heterocycles. The highest BCUT2D eigenvalue weighted by atomic mass is 16.5. The molecule has 1 fully saturated rings. The molecule has 0 saturated carbocycles. The molecule has 0 radical (unpaired) electrons. The highest BCUT2D eigenvalue weighted by Gasteiger charge is 2.23. The SMILES string of the molecule is CC(=O)Nc1ccc(C(=O)OCC(=O)N2CCN(c3ncccn3)CC2)cc1. The van der Waals surface area contributed by atoms with Crippen molar-refractivity contribution in [3.8, 4) is 0 Å². The lowest BCUT2D eigenvalue weighted by Gasteiger charge is -2.34. The van der Waals surface area contributed by atoms with Gasteiger partial charge in [0.2, 0.25) is 11.9 Å². The van der Waals surface area contributed by atoms with Crippen LogP contribution in [0, 0.1) is 0 Å². The molecule has 9 nitrogen and oxygen atoms in total. The van der Waals surface area contributed by atoms with Crippen LogP contribution < -0.4 is 10.2 Å². The summed E-state index contributed by atoms with van der Waals surface area (Å²) >= 11 is 0. The number of hydrogen-bond acceptors (Lipinski definition) is 7. The number of carbonyl (C=O) groups excluding carboxylic acids is 3. The molecular formula is C19H21N5O4. The topological polar surface area (TPSA) is 105 Å². The summed E-state index contributed by atoms with van der Waals surface area (Å²) in [5.41, 5.74) is 0.897. The van der Waals surface area contributed by atoms with Crippen molar-refractivity contribution in [1.82, 2.24) is 14.9 Å². The molecule has 0 unspecified atom stereocenters. The van der Waals surface area contributed by atoms with E-state index in [-0.39, 0.29) is 18.4 Å². The van der Waals surface area contributed by atoms with E-state index in [2.05, 4.69) is 15.3 Å². The van der Waals surface area contributed by atoms with Crippen molar-refractivity contribution in [3.05, 3.63) is 48.3 Å². The van der Waals surface area contributed by atoms with Gasteiger partial charge >= 0.3 is 5.97 Å².